The lowest BCUT2D eigenvalue weighted by atomic mass is 10.1. The highest BCUT2D eigenvalue weighted by atomic mass is 16.6. The van der Waals surface area contributed by atoms with Gasteiger partial charge in [-0.3, -0.25) is 4.79 Å². The lowest BCUT2D eigenvalue weighted by molar-refractivity contribution is -0.151. The third-order valence-corrected chi connectivity index (χ3v) is 5.22. The molecule has 0 spiro atoms. The molecule has 0 amide bonds. The molecule has 7 heteroatoms. The largest absolute Gasteiger partial charge is 0.493 e. The number of carbonyl (C=O) groups is 2. The number of ketones is 1. The van der Waals surface area contributed by atoms with Crippen molar-refractivity contribution in [2.45, 2.75) is 13.0 Å². The van der Waals surface area contributed by atoms with Crippen LogP contribution in [0.4, 0.5) is 0 Å². The first kappa shape index (κ1) is 22.9. The van der Waals surface area contributed by atoms with E-state index in [1.54, 1.807) is 68.6 Å². The fourth-order valence-corrected chi connectivity index (χ4v) is 3.64. The normalized spacial score (nSPS) is 14.2. The van der Waals surface area contributed by atoms with Gasteiger partial charge in [0, 0.05) is 17.2 Å². The maximum absolute atomic E-state index is 12.9. The number of Topliss-reactive ketones (excluding diaryl/α,β-unsaturated/α-hetero) is 1. The molecule has 34 heavy (non-hydrogen) atoms. The van der Waals surface area contributed by atoms with Crippen molar-refractivity contribution in [2.75, 3.05) is 20.8 Å². The second-order valence-electron chi connectivity index (χ2n) is 7.34. The summed E-state index contributed by atoms with van der Waals surface area (Å²) < 4.78 is 27.8. The van der Waals surface area contributed by atoms with E-state index in [0.717, 1.165) is 0 Å². The number of hydrogen-bond acceptors (Lipinski definition) is 7. The van der Waals surface area contributed by atoms with Crippen LogP contribution < -0.4 is 18.9 Å². The summed E-state index contributed by atoms with van der Waals surface area (Å²) in [4.78, 5) is 25.5. The van der Waals surface area contributed by atoms with Crippen LogP contribution in [0.25, 0.3) is 6.08 Å². The van der Waals surface area contributed by atoms with Crippen LogP contribution in [0.1, 0.15) is 34.5 Å². The van der Waals surface area contributed by atoms with Crippen molar-refractivity contribution in [3.8, 4) is 23.0 Å². The zero-order chi connectivity index (χ0) is 24.1. The van der Waals surface area contributed by atoms with E-state index in [-0.39, 0.29) is 18.1 Å². The molecule has 0 fully saturated rings. The fourth-order valence-electron chi connectivity index (χ4n) is 3.64. The fraction of sp³-hybridized carbons (Fsp3) is 0.185. The number of rotatable bonds is 8. The molecule has 4 rings (SSSR count). The van der Waals surface area contributed by atoms with Crippen LogP contribution in [-0.4, -0.2) is 32.6 Å². The van der Waals surface area contributed by atoms with Crippen LogP contribution in [0, 0.1) is 0 Å². The highest BCUT2D eigenvalue weighted by Crippen LogP contribution is 2.38. The Bertz CT molecular complexity index is 1230. The predicted octanol–water partition coefficient (Wildman–Crippen LogP) is 5.00. The first-order valence-electron chi connectivity index (χ1n) is 10.7. The minimum Gasteiger partial charge on any atom is -0.493 e. The van der Waals surface area contributed by atoms with Gasteiger partial charge in [0.15, 0.2) is 17.3 Å². The molecule has 1 heterocycles. The topological polar surface area (TPSA) is 80.3 Å². The molecule has 0 bridgehead atoms. The Morgan fingerprint density at radius 1 is 1.00 bits per heavy atom. The molecular formula is C27H24O7. The van der Waals surface area contributed by atoms with Crippen LogP contribution >= 0.6 is 0 Å². The molecule has 3 aromatic rings. The number of hydrogen-bond donors (Lipinski definition) is 0. The van der Waals surface area contributed by atoms with E-state index in [4.69, 9.17) is 23.7 Å². The van der Waals surface area contributed by atoms with Crippen molar-refractivity contribution < 1.29 is 33.3 Å². The Kier molecular flexibility index (Phi) is 6.82. The van der Waals surface area contributed by atoms with Crippen molar-refractivity contribution >= 4 is 17.8 Å². The molecule has 0 aliphatic carbocycles. The van der Waals surface area contributed by atoms with Crippen molar-refractivity contribution in [1.29, 1.82) is 0 Å². The molecule has 1 aliphatic heterocycles. The number of allylic oxidation sites excluding steroid dienone is 1. The van der Waals surface area contributed by atoms with Crippen molar-refractivity contribution in [1.82, 2.24) is 0 Å². The molecule has 1 atom stereocenters. The molecule has 3 aromatic carbocycles. The predicted molar refractivity (Wildman–Crippen MR) is 125 cm³/mol. The lowest BCUT2D eigenvalue weighted by Gasteiger charge is -2.18. The Morgan fingerprint density at radius 3 is 2.50 bits per heavy atom. The molecule has 0 N–H and O–H groups in total. The van der Waals surface area contributed by atoms with Crippen LogP contribution in [0.2, 0.25) is 0 Å². The minimum atomic E-state index is -0.952. The summed E-state index contributed by atoms with van der Waals surface area (Å²) in [5, 5.41) is 0. The summed E-state index contributed by atoms with van der Waals surface area (Å²) in [5.74, 6) is 1.12. The SMILES string of the molecule is CCOC(=O)[C@@H](Oc1ccc2c(c1)O/C(=C\c1cccc(OC)c1OC)C2=O)c1ccccc1. The van der Waals surface area contributed by atoms with Gasteiger partial charge in [-0.1, -0.05) is 42.5 Å². The van der Waals surface area contributed by atoms with E-state index < -0.39 is 12.1 Å². The van der Waals surface area contributed by atoms with Crippen molar-refractivity contribution in [3.05, 3.63) is 89.2 Å². The third kappa shape index (κ3) is 4.59. The number of fused-ring (bicyclic) bond motifs is 1. The number of para-hydroxylation sites is 1. The first-order chi connectivity index (χ1) is 16.5. The molecule has 0 aromatic heterocycles. The summed E-state index contributed by atoms with van der Waals surface area (Å²) in [6, 6.07) is 19.3. The quantitative estimate of drug-likeness (QED) is 0.346. The van der Waals surface area contributed by atoms with Crippen LogP contribution in [-0.2, 0) is 9.53 Å². The van der Waals surface area contributed by atoms with Crippen LogP contribution in [0.5, 0.6) is 23.0 Å². The van der Waals surface area contributed by atoms with Gasteiger partial charge in [-0.05, 0) is 31.2 Å². The van der Waals surface area contributed by atoms with Gasteiger partial charge in [0.25, 0.3) is 0 Å². The van der Waals surface area contributed by atoms with E-state index in [2.05, 4.69) is 0 Å². The second kappa shape index (κ2) is 10.1. The minimum absolute atomic E-state index is 0.142. The number of ether oxygens (including phenoxy) is 5. The van der Waals surface area contributed by atoms with E-state index in [0.29, 0.717) is 39.7 Å². The van der Waals surface area contributed by atoms with E-state index in [9.17, 15) is 9.59 Å². The zero-order valence-corrected chi connectivity index (χ0v) is 19.1. The molecular weight excluding hydrogens is 436 g/mol. The van der Waals surface area contributed by atoms with E-state index >= 15 is 0 Å². The zero-order valence-electron chi connectivity index (χ0n) is 19.1. The van der Waals surface area contributed by atoms with Gasteiger partial charge in [0.2, 0.25) is 11.9 Å². The molecule has 0 unspecified atom stereocenters. The van der Waals surface area contributed by atoms with Gasteiger partial charge in [-0.25, -0.2) is 4.79 Å². The number of esters is 1. The third-order valence-electron chi connectivity index (χ3n) is 5.22. The maximum atomic E-state index is 12.9. The Hall–Kier alpha value is -4.26. The Labute approximate surface area is 197 Å². The van der Waals surface area contributed by atoms with Gasteiger partial charge in [-0.15, -0.1) is 0 Å². The Balaban J connectivity index is 1.61. The van der Waals surface area contributed by atoms with Gasteiger partial charge < -0.3 is 23.7 Å². The second-order valence-corrected chi connectivity index (χ2v) is 7.34. The standard InChI is InChI=1S/C27H24O7/c1-4-32-27(29)26(17-9-6-5-7-10-17)33-19-13-14-20-22(16-19)34-23(24(20)28)15-18-11-8-12-21(30-2)25(18)31-3/h5-16,26H,4H2,1-3H3/b23-15-/t26-/m0/s1. The Morgan fingerprint density at radius 2 is 1.79 bits per heavy atom. The molecule has 0 saturated heterocycles. The summed E-state index contributed by atoms with van der Waals surface area (Å²) in [6.45, 7) is 1.97. The summed E-state index contributed by atoms with van der Waals surface area (Å²) in [6.07, 6.45) is 0.655. The molecule has 174 valence electrons. The average Bonchev–Trinajstić information content (AvgIpc) is 3.17. The monoisotopic (exact) mass is 460 g/mol. The highest BCUT2D eigenvalue weighted by molar-refractivity contribution is 6.14. The molecule has 0 radical (unpaired) electrons. The highest BCUT2D eigenvalue weighted by Gasteiger charge is 2.30. The van der Waals surface area contributed by atoms with Gasteiger partial charge in [0.05, 0.1) is 26.4 Å². The molecule has 7 nitrogen and oxygen atoms in total. The first-order valence-corrected chi connectivity index (χ1v) is 10.7. The number of methoxy groups -OCH3 is 2. The van der Waals surface area contributed by atoms with Gasteiger partial charge in [-0.2, -0.15) is 0 Å². The van der Waals surface area contributed by atoms with E-state index in [1.165, 1.54) is 7.11 Å². The summed E-state index contributed by atoms with van der Waals surface area (Å²) in [7, 11) is 3.07. The summed E-state index contributed by atoms with van der Waals surface area (Å²) >= 11 is 0. The van der Waals surface area contributed by atoms with Crippen molar-refractivity contribution in [2.24, 2.45) is 0 Å². The maximum Gasteiger partial charge on any atom is 0.352 e. The van der Waals surface area contributed by atoms with Crippen LogP contribution in [0.15, 0.2) is 72.5 Å². The van der Waals surface area contributed by atoms with Crippen LogP contribution in [0.3, 0.4) is 0 Å². The number of benzene rings is 3. The molecule has 0 saturated carbocycles. The molecule has 1 aliphatic rings. The number of carbonyl (C=O) groups excluding carboxylic acids is 2. The summed E-state index contributed by atoms with van der Waals surface area (Å²) in [5.41, 5.74) is 1.69. The van der Waals surface area contributed by atoms with Gasteiger partial charge in [0.1, 0.15) is 11.5 Å². The van der Waals surface area contributed by atoms with Crippen molar-refractivity contribution in [3.63, 3.8) is 0 Å². The van der Waals surface area contributed by atoms with E-state index in [1.807, 2.05) is 18.2 Å². The van der Waals surface area contributed by atoms with Gasteiger partial charge >= 0.3 is 5.97 Å². The lowest BCUT2D eigenvalue weighted by Crippen LogP contribution is -2.21. The average molecular weight is 460 g/mol. The smallest absolute Gasteiger partial charge is 0.352 e.